The number of hydrogen-bond donors (Lipinski definition) is 1. The van der Waals surface area contributed by atoms with E-state index in [9.17, 15) is 4.79 Å². The van der Waals surface area contributed by atoms with E-state index in [1.54, 1.807) is 13.8 Å². The maximum Gasteiger partial charge on any atom is 0.310 e. The molecular formula is C8H17NO2. The lowest BCUT2D eigenvalue weighted by molar-refractivity contribution is -0.147. The summed E-state index contributed by atoms with van der Waals surface area (Å²) in [6.07, 6.45) is 0. The zero-order chi connectivity index (χ0) is 9.07. The van der Waals surface area contributed by atoms with Crippen LogP contribution in [0.3, 0.4) is 0 Å². The summed E-state index contributed by atoms with van der Waals surface area (Å²) in [6, 6.07) is 0. The van der Waals surface area contributed by atoms with Crippen LogP contribution in [-0.4, -0.2) is 36.1 Å². The number of nitrogens with zero attached hydrogens (tertiary/aromatic N) is 1. The number of carboxylic acid groups (broad SMARTS) is 1. The van der Waals surface area contributed by atoms with Crippen molar-refractivity contribution in [3.05, 3.63) is 0 Å². The molecule has 0 rings (SSSR count). The predicted molar refractivity (Wildman–Crippen MR) is 44.6 cm³/mol. The van der Waals surface area contributed by atoms with Crippen LogP contribution < -0.4 is 0 Å². The van der Waals surface area contributed by atoms with Crippen LogP contribution in [0.5, 0.6) is 0 Å². The van der Waals surface area contributed by atoms with E-state index in [4.69, 9.17) is 5.11 Å². The minimum absolute atomic E-state index is 0.596. The first-order valence-electron chi connectivity index (χ1n) is 3.82. The van der Waals surface area contributed by atoms with Gasteiger partial charge in [0.25, 0.3) is 0 Å². The minimum atomic E-state index is -0.738. The molecule has 0 atom stereocenters. The maximum atomic E-state index is 10.6. The summed E-state index contributed by atoms with van der Waals surface area (Å²) in [4.78, 5) is 12.6. The normalized spacial score (nSPS) is 12.1. The van der Waals surface area contributed by atoms with Gasteiger partial charge in [0.2, 0.25) is 0 Å². The van der Waals surface area contributed by atoms with Gasteiger partial charge in [0.05, 0.1) is 5.41 Å². The van der Waals surface area contributed by atoms with E-state index in [1.165, 1.54) is 0 Å². The van der Waals surface area contributed by atoms with Gasteiger partial charge in [0, 0.05) is 6.54 Å². The Morgan fingerprint density at radius 2 is 2.00 bits per heavy atom. The van der Waals surface area contributed by atoms with E-state index < -0.39 is 11.4 Å². The van der Waals surface area contributed by atoms with Gasteiger partial charge in [0.1, 0.15) is 0 Å². The molecule has 0 aliphatic heterocycles. The Morgan fingerprint density at radius 3 is 2.27 bits per heavy atom. The fourth-order valence-electron chi connectivity index (χ4n) is 0.854. The van der Waals surface area contributed by atoms with Crippen molar-refractivity contribution in [3.63, 3.8) is 0 Å². The molecule has 0 aliphatic carbocycles. The molecule has 0 aromatic rings. The van der Waals surface area contributed by atoms with Crippen molar-refractivity contribution < 1.29 is 9.90 Å². The van der Waals surface area contributed by atoms with Crippen molar-refractivity contribution in [2.45, 2.75) is 20.8 Å². The van der Waals surface area contributed by atoms with Crippen LogP contribution in [0.2, 0.25) is 0 Å². The quantitative estimate of drug-likeness (QED) is 0.666. The van der Waals surface area contributed by atoms with Crippen LogP contribution in [0.25, 0.3) is 0 Å². The maximum absolute atomic E-state index is 10.6. The second kappa shape index (κ2) is 3.72. The standard InChI is InChI=1S/C8H17NO2/c1-5-9(4)6-8(2,3)7(10)11/h5-6H2,1-4H3,(H,10,11). The lowest BCUT2D eigenvalue weighted by Crippen LogP contribution is -2.37. The summed E-state index contributed by atoms with van der Waals surface area (Å²) < 4.78 is 0. The van der Waals surface area contributed by atoms with E-state index >= 15 is 0 Å². The van der Waals surface area contributed by atoms with Crippen molar-refractivity contribution in [3.8, 4) is 0 Å². The lowest BCUT2D eigenvalue weighted by atomic mass is 9.93. The molecule has 0 heterocycles. The highest BCUT2D eigenvalue weighted by Gasteiger charge is 2.27. The van der Waals surface area contributed by atoms with Crippen LogP contribution >= 0.6 is 0 Å². The van der Waals surface area contributed by atoms with Gasteiger partial charge in [0.15, 0.2) is 0 Å². The van der Waals surface area contributed by atoms with Gasteiger partial charge < -0.3 is 10.0 Å². The second-order valence-corrected chi connectivity index (χ2v) is 3.52. The van der Waals surface area contributed by atoms with Gasteiger partial charge in [-0.1, -0.05) is 6.92 Å². The largest absolute Gasteiger partial charge is 0.481 e. The van der Waals surface area contributed by atoms with Crippen LogP contribution in [0.15, 0.2) is 0 Å². The predicted octanol–water partition coefficient (Wildman–Crippen LogP) is 1.05. The molecular weight excluding hydrogens is 142 g/mol. The summed E-state index contributed by atoms with van der Waals surface area (Å²) in [5.41, 5.74) is -0.634. The summed E-state index contributed by atoms with van der Waals surface area (Å²) in [6.45, 7) is 6.97. The van der Waals surface area contributed by atoms with Crippen molar-refractivity contribution >= 4 is 5.97 Å². The van der Waals surface area contributed by atoms with Crippen molar-refractivity contribution in [1.82, 2.24) is 4.90 Å². The van der Waals surface area contributed by atoms with Crippen molar-refractivity contribution in [1.29, 1.82) is 0 Å². The summed E-state index contributed by atoms with van der Waals surface area (Å²) >= 11 is 0. The molecule has 0 spiro atoms. The van der Waals surface area contributed by atoms with Crippen LogP contribution in [-0.2, 0) is 4.79 Å². The Bertz CT molecular complexity index is 143. The Labute approximate surface area is 68.0 Å². The highest BCUT2D eigenvalue weighted by Crippen LogP contribution is 2.15. The third-order valence-electron chi connectivity index (χ3n) is 1.78. The fraction of sp³-hybridized carbons (Fsp3) is 0.875. The molecule has 0 fully saturated rings. The third-order valence-corrected chi connectivity index (χ3v) is 1.78. The molecule has 0 saturated heterocycles. The Balaban J connectivity index is 4.01. The molecule has 0 bridgehead atoms. The van der Waals surface area contributed by atoms with E-state index in [0.717, 1.165) is 6.54 Å². The number of carbonyl (C=O) groups is 1. The number of rotatable bonds is 4. The molecule has 0 radical (unpaired) electrons. The first kappa shape index (κ1) is 10.4. The summed E-state index contributed by atoms with van der Waals surface area (Å²) in [5.74, 6) is -0.738. The third kappa shape index (κ3) is 3.37. The first-order valence-corrected chi connectivity index (χ1v) is 3.82. The molecule has 3 nitrogen and oxygen atoms in total. The monoisotopic (exact) mass is 159 g/mol. The summed E-state index contributed by atoms with van der Waals surface area (Å²) in [5, 5.41) is 8.76. The van der Waals surface area contributed by atoms with E-state index in [2.05, 4.69) is 0 Å². The van der Waals surface area contributed by atoms with Gasteiger partial charge in [-0.05, 0) is 27.4 Å². The summed E-state index contributed by atoms with van der Waals surface area (Å²) in [7, 11) is 1.92. The van der Waals surface area contributed by atoms with E-state index in [-0.39, 0.29) is 0 Å². The average molecular weight is 159 g/mol. The molecule has 0 aromatic heterocycles. The lowest BCUT2D eigenvalue weighted by Gasteiger charge is -2.25. The smallest absolute Gasteiger partial charge is 0.310 e. The van der Waals surface area contributed by atoms with E-state index in [0.29, 0.717) is 6.54 Å². The first-order chi connectivity index (χ1) is 4.90. The number of aliphatic carboxylic acids is 1. The molecule has 0 aliphatic rings. The van der Waals surface area contributed by atoms with E-state index in [1.807, 2.05) is 18.9 Å². The SMILES string of the molecule is CCN(C)CC(C)(C)C(=O)O. The molecule has 0 aromatic carbocycles. The highest BCUT2D eigenvalue weighted by molar-refractivity contribution is 5.73. The molecule has 0 amide bonds. The van der Waals surface area contributed by atoms with Crippen molar-refractivity contribution in [2.75, 3.05) is 20.1 Å². The van der Waals surface area contributed by atoms with Gasteiger partial charge in [-0.2, -0.15) is 0 Å². The van der Waals surface area contributed by atoms with Crippen LogP contribution in [0, 0.1) is 5.41 Å². The Hall–Kier alpha value is -0.570. The van der Waals surface area contributed by atoms with Crippen molar-refractivity contribution in [2.24, 2.45) is 5.41 Å². The number of hydrogen-bond acceptors (Lipinski definition) is 2. The molecule has 3 heteroatoms. The average Bonchev–Trinajstić information content (AvgIpc) is 1.86. The second-order valence-electron chi connectivity index (χ2n) is 3.52. The Morgan fingerprint density at radius 1 is 1.55 bits per heavy atom. The molecule has 0 saturated carbocycles. The van der Waals surface area contributed by atoms with Gasteiger partial charge >= 0.3 is 5.97 Å². The van der Waals surface area contributed by atoms with Crippen LogP contribution in [0.1, 0.15) is 20.8 Å². The topological polar surface area (TPSA) is 40.5 Å². The van der Waals surface area contributed by atoms with Gasteiger partial charge in [-0.3, -0.25) is 4.79 Å². The number of carboxylic acids is 1. The minimum Gasteiger partial charge on any atom is -0.481 e. The van der Waals surface area contributed by atoms with Gasteiger partial charge in [-0.25, -0.2) is 0 Å². The zero-order valence-electron chi connectivity index (χ0n) is 7.72. The van der Waals surface area contributed by atoms with Gasteiger partial charge in [-0.15, -0.1) is 0 Å². The molecule has 1 N–H and O–H groups in total. The Kier molecular flexibility index (Phi) is 3.52. The fourth-order valence-corrected chi connectivity index (χ4v) is 0.854. The van der Waals surface area contributed by atoms with Crippen LogP contribution in [0.4, 0.5) is 0 Å². The molecule has 66 valence electrons. The highest BCUT2D eigenvalue weighted by atomic mass is 16.4. The molecule has 11 heavy (non-hydrogen) atoms. The molecule has 0 unspecified atom stereocenters. The zero-order valence-corrected chi connectivity index (χ0v) is 7.72.